The van der Waals surface area contributed by atoms with Crippen molar-refractivity contribution in [3.8, 4) is 11.1 Å². The molecule has 8 nitrogen and oxygen atoms in total. The lowest BCUT2D eigenvalue weighted by molar-refractivity contribution is 0.0340. The summed E-state index contributed by atoms with van der Waals surface area (Å²) in [6, 6.07) is 10.4. The molecule has 1 aliphatic rings. The number of anilines is 1. The van der Waals surface area contributed by atoms with Gasteiger partial charge in [-0.25, -0.2) is 15.0 Å². The zero-order valence-corrected chi connectivity index (χ0v) is 18.4. The van der Waals surface area contributed by atoms with Crippen LogP contribution in [0, 0.1) is 0 Å². The lowest BCUT2D eigenvalue weighted by Crippen LogP contribution is -2.39. The third kappa shape index (κ3) is 3.91. The Morgan fingerprint density at radius 2 is 2.10 bits per heavy atom. The number of ether oxygens (including phenoxy) is 2. The second-order valence-corrected chi connectivity index (χ2v) is 8.25. The average molecular weight is 437 g/mol. The second kappa shape index (κ2) is 8.70. The number of aromatic nitrogens is 5. The highest BCUT2D eigenvalue weighted by atomic mass is 32.1. The number of nitrogens with zero attached hydrogens (tertiary/aromatic N) is 5. The minimum absolute atomic E-state index is 0.208. The quantitative estimate of drug-likeness (QED) is 0.492. The van der Waals surface area contributed by atoms with Gasteiger partial charge in [-0.3, -0.25) is 5.10 Å². The van der Waals surface area contributed by atoms with Crippen LogP contribution in [0.25, 0.3) is 21.3 Å². The molecule has 1 N–H and O–H groups in total. The zero-order chi connectivity index (χ0) is 21.2. The van der Waals surface area contributed by atoms with Gasteiger partial charge in [0.15, 0.2) is 11.6 Å². The monoisotopic (exact) mass is 436 g/mol. The Balaban J connectivity index is 1.57. The molecule has 1 aliphatic heterocycles. The van der Waals surface area contributed by atoms with Crippen LogP contribution in [0.3, 0.4) is 0 Å². The van der Waals surface area contributed by atoms with Gasteiger partial charge in [0.1, 0.15) is 29.2 Å². The fraction of sp³-hybridized carbons (Fsp3) is 0.364. The van der Waals surface area contributed by atoms with E-state index in [0.717, 1.165) is 46.0 Å². The van der Waals surface area contributed by atoms with Crippen LogP contribution in [0.1, 0.15) is 30.5 Å². The Kier molecular flexibility index (Phi) is 5.63. The molecule has 1 atom stereocenters. The van der Waals surface area contributed by atoms with Crippen LogP contribution < -0.4 is 4.90 Å². The highest BCUT2D eigenvalue weighted by Gasteiger charge is 2.29. The molecule has 0 amide bonds. The fourth-order valence-corrected chi connectivity index (χ4v) is 4.79. The van der Waals surface area contributed by atoms with Crippen LogP contribution in [0.4, 0.5) is 5.82 Å². The number of hydrogen-bond acceptors (Lipinski definition) is 8. The van der Waals surface area contributed by atoms with Crippen molar-refractivity contribution in [1.29, 1.82) is 0 Å². The van der Waals surface area contributed by atoms with E-state index in [1.54, 1.807) is 18.4 Å². The molecule has 1 fully saturated rings. The third-order valence-electron chi connectivity index (χ3n) is 5.36. The second-order valence-electron chi connectivity index (χ2n) is 7.39. The van der Waals surface area contributed by atoms with Crippen LogP contribution >= 0.6 is 11.3 Å². The van der Waals surface area contributed by atoms with Gasteiger partial charge in [0.25, 0.3) is 0 Å². The first-order valence-corrected chi connectivity index (χ1v) is 11.2. The Labute approximate surface area is 184 Å². The van der Waals surface area contributed by atoms with Gasteiger partial charge >= 0.3 is 0 Å². The van der Waals surface area contributed by atoms with Gasteiger partial charge < -0.3 is 14.4 Å². The van der Waals surface area contributed by atoms with Gasteiger partial charge in [-0.15, -0.1) is 11.3 Å². The number of H-pyrrole nitrogens is 1. The molecular formula is C22H24N6O2S. The fourth-order valence-electron chi connectivity index (χ4n) is 3.83. The van der Waals surface area contributed by atoms with E-state index < -0.39 is 0 Å². The smallest absolute Gasteiger partial charge is 0.181 e. The number of rotatable bonds is 6. The molecule has 9 heteroatoms. The van der Waals surface area contributed by atoms with Crippen molar-refractivity contribution in [2.75, 3.05) is 31.7 Å². The molecule has 1 aromatic carbocycles. The van der Waals surface area contributed by atoms with Crippen LogP contribution in [-0.2, 0) is 22.5 Å². The van der Waals surface area contributed by atoms with Crippen molar-refractivity contribution in [2.24, 2.45) is 0 Å². The summed E-state index contributed by atoms with van der Waals surface area (Å²) in [5.41, 5.74) is 2.30. The molecule has 4 heterocycles. The van der Waals surface area contributed by atoms with Gasteiger partial charge in [-0.2, -0.15) is 5.10 Å². The normalized spacial score (nSPS) is 16.8. The number of benzene rings is 1. The van der Waals surface area contributed by atoms with E-state index in [1.165, 1.54) is 0 Å². The van der Waals surface area contributed by atoms with Gasteiger partial charge in [0.05, 0.1) is 18.5 Å². The molecule has 160 valence electrons. The SMILES string of the molecule is CCc1nc(C2CN(c3nc(COC)nc4scc(-c5ccccc5)c34)CCO2)n[nH]1. The molecule has 5 rings (SSSR count). The minimum Gasteiger partial charge on any atom is -0.377 e. The van der Waals surface area contributed by atoms with E-state index in [1.807, 2.05) is 6.07 Å². The molecule has 0 spiro atoms. The summed E-state index contributed by atoms with van der Waals surface area (Å²) in [5.74, 6) is 3.15. The number of nitrogens with one attached hydrogen (secondary N) is 1. The molecule has 0 bridgehead atoms. The Bertz CT molecular complexity index is 1180. The van der Waals surface area contributed by atoms with E-state index >= 15 is 0 Å². The van der Waals surface area contributed by atoms with E-state index in [9.17, 15) is 0 Å². The van der Waals surface area contributed by atoms with Crippen LogP contribution in [0.2, 0.25) is 0 Å². The zero-order valence-electron chi connectivity index (χ0n) is 17.5. The number of aromatic amines is 1. The van der Waals surface area contributed by atoms with Crippen LogP contribution in [0.5, 0.6) is 0 Å². The maximum absolute atomic E-state index is 6.01. The highest BCUT2D eigenvalue weighted by Crippen LogP contribution is 2.39. The van der Waals surface area contributed by atoms with E-state index in [0.29, 0.717) is 31.4 Å². The maximum atomic E-state index is 6.01. The van der Waals surface area contributed by atoms with Crippen LogP contribution in [0.15, 0.2) is 35.7 Å². The average Bonchev–Trinajstić information content (AvgIpc) is 3.47. The topological polar surface area (TPSA) is 89.1 Å². The summed E-state index contributed by atoms with van der Waals surface area (Å²) >= 11 is 1.64. The van der Waals surface area contributed by atoms with E-state index in [2.05, 4.69) is 56.7 Å². The number of morpholine rings is 1. The predicted octanol–water partition coefficient (Wildman–Crippen LogP) is 3.76. The molecule has 1 unspecified atom stereocenters. The van der Waals surface area contributed by atoms with Crippen molar-refractivity contribution < 1.29 is 9.47 Å². The lowest BCUT2D eigenvalue weighted by atomic mass is 10.1. The van der Waals surface area contributed by atoms with Crippen molar-refractivity contribution in [2.45, 2.75) is 26.1 Å². The first-order chi connectivity index (χ1) is 15.3. The first-order valence-electron chi connectivity index (χ1n) is 10.4. The maximum Gasteiger partial charge on any atom is 0.181 e. The van der Waals surface area contributed by atoms with E-state index in [-0.39, 0.29) is 6.10 Å². The number of fused-ring (bicyclic) bond motifs is 1. The van der Waals surface area contributed by atoms with Gasteiger partial charge in [-0.1, -0.05) is 37.3 Å². The number of methoxy groups -OCH3 is 1. The van der Waals surface area contributed by atoms with Crippen molar-refractivity contribution >= 4 is 27.4 Å². The molecule has 4 aromatic rings. The standard InChI is InChI=1S/C22H24N6O2S/c1-3-17-23-20(27-26-17)16-11-28(9-10-30-16)21-19-15(14-7-5-4-6-8-14)13-31-22(19)25-18(24-21)12-29-2/h4-8,13,16H,3,9-12H2,1-2H3,(H,23,26,27). The molecule has 31 heavy (non-hydrogen) atoms. The first kappa shape index (κ1) is 20.0. The minimum atomic E-state index is -0.208. The Morgan fingerprint density at radius 1 is 1.23 bits per heavy atom. The predicted molar refractivity (Wildman–Crippen MR) is 120 cm³/mol. The summed E-state index contributed by atoms with van der Waals surface area (Å²) in [6.07, 6.45) is 0.603. The summed E-state index contributed by atoms with van der Waals surface area (Å²) in [5, 5.41) is 10.6. The van der Waals surface area contributed by atoms with Crippen molar-refractivity contribution in [1.82, 2.24) is 25.1 Å². The number of thiophene rings is 1. The number of aryl methyl sites for hydroxylation is 1. The summed E-state index contributed by atoms with van der Waals surface area (Å²) in [4.78, 5) is 17.5. The van der Waals surface area contributed by atoms with Gasteiger partial charge in [0, 0.05) is 31.0 Å². The summed E-state index contributed by atoms with van der Waals surface area (Å²) in [7, 11) is 1.66. The van der Waals surface area contributed by atoms with Gasteiger partial charge in [-0.05, 0) is 5.56 Å². The molecule has 0 radical (unpaired) electrons. The summed E-state index contributed by atoms with van der Waals surface area (Å²) < 4.78 is 11.3. The Hall–Kier alpha value is -2.88. The molecule has 3 aromatic heterocycles. The largest absolute Gasteiger partial charge is 0.377 e. The molecule has 1 saturated heterocycles. The molecule has 0 aliphatic carbocycles. The molecule has 0 saturated carbocycles. The molecular weight excluding hydrogens is 412 g/mol. The van der Waals surface area contributed by atoms with E-state index in [4.69, 9.17) is 19.4 Å². The number of hydrogen-bond donors (Lipinski definition) is 1. The van der Waals surface area contributed by atoms with Crippen molar-refractivity contribution in [3.63, 3.8) is 0 Å². The lowest BCUT2D eigenvalue weighted by Gasteiger charge is -2.33. The van der Waals surface area contributed by atoms with Gasteiger partial charge in [0.2, 0.25) is 0 Å². The van der Waals surface area contributed by atoms with Crippen LogP contribution in [-0.4, -0.2) is 52.0 Å². The Morgan fingerprint density at radius 3 is 2.87 bits per heavy atom. The third-order valence-corrected chi connectivity index (χ3v) is 6.23. The van der Waals surface area contributed by atoms with Crippen molar-refractivity contribution in [3.05, 3.63) is 53.2 Å². The highest BCUT2D eigenvalue weighted by molar-refractivity contribution is 7.17. The summed E-state index contributed by atoms with van der Waals surface area (Å²) in [6.45, 7) is 4.37.